The van der Waals surface area contributed by atoms with Crippen molar-refractivity contribution in [2.75, 3.05) is 26.8 Å². The summed E-state index contributed by atoms with van der Waals surface area (Å²) in [5.74, 6) is 0.835. The van der Waals surface area contributed by atoms with Crippen molar-refractivity contribution in [1.29, 1.82) is 0 Å². The van der Waals surface area contributed by atoms with E-state index in [-0.39, 0.29) is 0 Å². The van der Waals surface area contributed by atoms with Crippen LogP contribution in [0.1, 0.15) is 45.6 Å². The van der Waals surface area contributed by atoms with Gasteiger partial charge in [0.05, 0.1) is 26.4 Å². The third-order valence-corrected chi connectivity index (χ3v) is 5.68. The predicted octanol–water partition coefficient (Wildman–Crippen LogP) is 3.47. The summed E-state index contributed by atoms with van der Waals surface area (Å²) in [7, 11) is 1.66. The summed E-state index contributed by atoms with van der Waals surface area (Å²) >= 11 is 0. The Hall–Kier alpha value is -1.10. The van der Waals surface area contributed by atoms with Crippen LogP contribution in [0.3, 0.4) is 0 Å². The molecule has 2 aliphatic rings. The first kappa shape index (κ1) is 18.7. The van der Waals surface area contributed by atoms with Crippen LogP contribution in [0.4, 0.5) is 0 Å². The summed E-state index contributed by atoms with van der Waals surface area (Å²) in [6, 6.07) is 8.48. The quantitative estimate of drug-likeness (QED) is 0.820. The molecule has 1 aromatic rings. The highest BCUT2D eigenvalue weighted by Crippen LogP contribution is 2.52. The van der Waals surface area contributed by atoms with Gasteiger partial charge in [0, 0.05) is 19.1 Å². The summed E-state index contributed by atoms with van der Waals surface area (Å²) in [5.41, 5.74) is 1.89. The number of hydrogen-bond donors (Lipinski definition) is 1. The molecule has 25 heavy (non-hydrogen) atoms. The molecule has 1 saturated heterocycles. The normalized spacial score (nSPS) is 29.6. The Bertz CT molecular complexity index is 588. The molecule has 2 fully saturated rings. The molecule has 0 unspecified atom stereocenters. The lowest BCUT2D eigenvalue weighted by atomic mass is 9.65. The zero-order valence-electron chi connectivity index (χ0n) is 16.1. The largest absolute Gasteiger partial charge is 0.497 e. The van der Waals surface area contributed by atoms with Crippen LogP contribution in [-0.4, -0.2) is 49.0 Å². The van der Waals surface area contributed by atoms with Gasteiger partial charge in [-0.25, -0.2) is 0 Å². The second-order valence-electron chi connectivity index (χ2n) is 9.16. The van der Waals surface area contributed by atoms with Crippen molar-refractivity contribution in [3.8, 4) is 5.75 Å². The molecule has 3 rings (SSSR count). The molecule has 1 aliphatic heterocycles. The van der Waals surface area contributed by atoms with Gasteiger partial charge < -0.3 is 14.6 Å². The summed E-state index contributed by atoms with van der Waals surface area (Å²) in [6.07, 6.45) is 3.36. The number of ether oxygens (including phenoxy) is 2. The number of hydrogen-bond acceptors (Lipinski definition) is 4. The molecular weight excluding hydrogens is 314 g/mol. The van der Waals surface area contributed by atoms with Crippen LogP contribution >= 0.6 is 0 Å². The van der Waals surface area contributed by atoms with Crippen molar-refractivity contribution in [3.05, 3.63) is 29.8 Å². The topological polar surface area (TPSA) is 41.9 Å². The zero-order chi connectivity index (χ0) is 18.1. The number of aliphatic hydroxyl groups is 1. The van der Waals surface area contributed by atoms with E-state index in [1.165, 1.54) is 19.3 Å². The van der Waals surface area contributed by atoms with Gasteiger partial charge in [-0.2, -0.15) is 0 Å². The summed E-state index contributed by atoms with van der Waals surface area (Å²) in [5, 5.41) is 10.4. The van der Waals surface area contributed by atoms with Crippen LogP contribution in [0.25, 0.3) is 0 Å². The fourth-order valence-corrected chi connectivity index (χ4v) is 5.19. The molecule has 4 heteroatoms. The Balaban J connectivity index is 1.46. The van der Waals surface area contributed by atoms with Crippen molar-refractivity contribution in [1.82, 2.24) is 4.90 Å². The third-order valence-electron chi connectivity index (χ3n) is 5.68. The van der Waals surface area contributed by atoms with Crippen molar-refractivity contribution in [2.24, 2.45) is 10.8 Å². The fourth-order valence-electron chi connectivity index (χ4n) is 5.19. The van der Waals surface area contributed by atoms with E-state index < -0.39 is 6.10 Å². The monoisotopic (exact) mass is 347 g/mol. The first-order valence-electron chi connectivity index (χ1n) is 9.41. The van der Waals surface area contributed by atoms with Crippen LogP contribution in [-0.2, 0) is 11.3 Å². The van der Waals surface area contributed by atoms with Crippen LogP contribution < -0.4 is 4.74 Å². The van der Waals surface area contributed by atoms with E-state index in [9.17, 15) is 5.11 Å². The van der Waals surface area contributed by atoms with Gasteiger partial charge in [0.15, 0.2) is 0 Å². The van der Waals surface area contributed by atoms with E-state index in [0.29, 0.717) is 36.6 Å². The molecule has 1 heterocycles. The standard InChI is InChI=1S/C21H33NO3/c1-20(2)9-17-10-21(3,14-20)15-22(17)11-18(23)13-25-12-16-6-5-7-19(8-16)24-4/h5-8,17-18,23H,9-15H2,1-4H3/t17-,18+,21-/m1/s1. The number of benzene rings is 1. The SMILES string of the molecule is COc1cccc(COC[C@@H](O)CN2C[C@]3(C)C[C@H]2CC(C)(C)C3)c1. The number of likely N-dealkylation sites (tertiary alicyclic amines) is 1. The Morgan fingerprint density at radius 3 is 2.84 bits per heavy atom. The molecule has 140 valence electrons. The molecule has 1 aromatic carbocycles. The van der Waals surface area contributed by atoms with Gasteiger partial charge in [0.25, 0.3) is 0 Å². The van der Waals surface area contributed by atoms with E-state index >= 15 is 0 Å². The van der Waals surface area contributed by atoms with Gasteiger partial charge >= 0.3 is 0 Å². The van der Waals surface area contributed by atoms with Gasteiger partial charge in [0.2, 0.25) is 0 Å². The minimum Gasteiger partial charge on any atom is -0.497 e. The molecule has 0 radical (unpaired) electrons. The highest BCUT2D eigenvalue weighted by Gasteiger charge is 2.49. The third kappa shape index (κ3) is 4.75. The maximum Gasteiger partial charge on any atom is 0.119 e. The van der Waals surface area contributed by atoms with Crippen LogP contribution in [0, 0.1) is 10.8 Å². The Morgan fingerprint density at radius 1 is 1.28 bits per heavy atom. The fraction of sp³-hybridized carbons (Fsp3) is 0.714. The van der Waals surface area contributed by atoms with Crippen molar-refractivity contribution in [3.63, 3.8) is 0 Å². The summed E-state index contributed by atoms with van der Waals surface area (Å²) in [4.78, 5) is 2.49. The van der Waals surface area contributed by atoms with Gasteiger partial charge in [-0.15, -0.1) is 0 Å². The molecule has 2 bridgehead atoms. The average molecular weight is 347 g/mol. The average Bonchev–Trinajstić information content (AvgIpc) is 2.75. The minimum atomic E-state index is -0.434. The first-order valence-corrected chi connectivity index (χ1v) is 9.41. The highest BCUT2D eigenvalue weighted by atomic mass is 16.5. The van der Waals surface area contributed by atoms with E-state index in [1.807, 2.05) is 24.3 Å². The van der Waals surface area contributed by atoms with E-state index in [0.717, 1.165) is 17.9 Å². The number of aliphatic hydroxyl groups excluding tert-OH is 1. The molecule has 3 atom stereocenters. The lowest BCUT2D eigenvalue weighted by Crippen LogP contribution is -2.39. The highest BCUT2D eigenvalue weighted by molar-refractivity contribution is 5.27. The van der Waals surface area contributed by atoms with Crippen LogP contribution in [0.2, 0.25) is 0 Å². The van der Waals surface area contributed by atoms with E-state index in [1.54, 1.807) is 7.11 Å². The van der Waals surface area contributed by atoms with Gasteiger partial charge in [-0.05, 0) is 47.8 Å². The predicted molar refractivity (Wildman–Crippen MR) is 99.8 cm³/mol. The second-order valence-corrected chi connectivity index (χ2v) is 9.16. The number of nitrogens with zero attached hydrogens (tertiary/aromatic N) is 1. The van der Waals surface area contributed by atoms with Gasteiger partial charge in [-0.1, -0.05) is 32.9 Å². The summed E-state index contributed by atoms with van der Waals surface area (Å²) in [6.45, 7) is 9.88. The molecule has 0 spiro atoms. The molecule has 1 N–H and O–H groups in total. The Labute approximate surface area is 152 Å². The van der Waals surface area contributed by atoms with E-state index in [2.05, 4.69) is 25.7 Å². The lowest BCUT2D eigenvalue weighted by molar-refractivity contribution is 0.00603. The Kier molecular flexibility index (Phi) is 5.42. The molecule has 0 aromatic heterocycles. The first-order chi connectivity index (χ1) is 11.8. The lowest BCUT2D eigenvalue weighted by Gasteiger charge is -2.40. The molecule has 0 amide bonds. The van der Waals surface area contributed by atoms with Gasteiger partial charge in [0.1, 0.15) is 5.75 Å². The number of rotatable bonds is 7. The maximum absolute atomic E-state index is 10.4. The van der Waals surface area contributed by atoms with Crippen molar-refractivity contribution >= 4 is 0 Å². The maximum atomic E-state index is 10.4. The molecular formula is C21H33NO3. The van der Waals surface area contributed by atoms with E-state index in [4.69, 9.17) is 9.47 Å². The second kappa shape index (κ2) is 7.26. The van der Waals surface area contributed by atoms with Crippen molar-refractivity contribution < 1.29 is 14.6 Å². The number of methoxy groups -OCH3 is 1. The summed E-state index contributed by atoms with van der Waals surface area (Å²) < 4.78 is 11.0. The van der Waals surface area contributed by atoms with Crippen molar-refractivity contribution in [2.45, 2.75) is 58.8 Å². The smallest absolute Gasteiger partial charge is 0.119 e. The molecule has 1 aliphatic carbocycles. The minimum absolute atomic E-state index is 0.376. The molecule has 4 nitrogen and oxygen atoms in total. The Morgan fingerprint density at radius 2 is 2.08 bits per heavy atom. The van der Waals surface area contributed by atoms with Crippen LogP contribution in [0.15, 0.2) is 24.3 Å². The van der Waals surface area contributed by atoms with Gasteiger partial charge in [-0.3, -0.25) is 4.90 Å². The number of β-amino-alcohol motifs (C(OH)–C–C–N with tert-alkyl or cyclic N) is 1. The van der Waals surface area contributed by atoms with Crippen LogP contribution in [0.5, 0.6) is 5.75 Å². The number of fused-ring (bicyclic) bond motifs is 2. The molecule has 1 saturated carbocycles. The zero-order valence-corrected chi connectivity index (χ0v) is 16.1.